The van der Waals surface area contributed by atoms with Crippen molar-refractivity contribution in [1.82, 2.24) is 5.32 Å². The van der Waals surface area contributed by atoms with Crippen LogP contribution >= 0.6 is 0 Å². The van der Waals surface area contributed by atoms with Gasteiger partial charge in [-0.1, -0.05) is 6.07 Å². The summed E-state index contributed by atoms with van der Waals surface area (Å²) in [6.45, 7) is 0.275. The van der Waals surface area contributed by atoms with Crippen LogP contribution in [0.4, 0.5) is 9.18 Å². The summed E-state index contributed by atoms with van der Waals surface area (Å²) in [4.78, 5) is 10.2. The fourth-order valence-electron chi connectivity index (χ4n) is 1.23. The lowest BCUT2D eigenvalue weighted by Gasteiger charge is -2.08. The third-order valence-corrected chi connectivity index (χ3v) is 1.92. The first-order chi connectivity index (χ1) is 7.13. The van der Waals surface area contributed by atoms with Crippen LogP contribution in [0, 0.1) is 5.82 Å². The van der Waals surface area contributed by atoms with Crippen LogP contribution in [-0.4, -0.2) is 24.9 Å². The number of rotatable bonds is 4. The molecule has 15 heavy (non-hydrogen) atoms. The minimum atomic E-state index is -1.07. The normalized spacial score (nSPS) is 9.73. The van der Waals surface area contributed by atoms with Gasteiger partial charge < -0.3 is 15.2 Å². The van der Waals surface area contributed by atoms with Crippen molar-refractivity contribution in [3.05, 3.63) is 29.6 Å². The average Bonchev–Trinajstić information content (AvgIpc) is 2.19. The molecule has 0 fully saturated rings. The maximum absolute atomic E-state index is 12.8. The van der Waals surface area contributed by atoms with E-state index in [1.54, 1.807) is 6.07 Å². The predicted octanol–water partition coefficient (Wildman–Crippen LogP) is 1.64. The standard InChI is InChI=1S/C10H12FNO3/c1-15-9-6-8(11)3-2-7(9)4-5-12-10(13)14/h2-3,6,12H,4-5H2,1H3,(H,13,14). The molecule has 2 N–H and O–H groups in total. The number of amides is 1. The molecule has 0 saturated carbocycles. The molecule has 0 spiro atoms. The first-order valence-electron chi connectivity index (χ1n) is 4.42. The number of methoxy groups -OCH3 is 1. The lowest BCUT2D eigenvalue weighted by molar-refractivity contribution is 0.194. The number of hydrogen-bond acceptors (Lipinski definition) is 2. The second-order valence-electron chi connectivity index (χ2n) is 2.94. The Morgan fingerprint density at radius 3 is 2.93 bits per heavy atom. The molecule has 5 heteroatoms. The molecule has 1 rings (SSSR count). The Balaban J connectivity index is 2.63. The summed E-state index contributed by atoms with van der Waals surface area (Å²) in [5, 5.41) is 10.6. The highest BCUT2D eigenvalue weighted by molar-refractivity contribution is 5.64. The van der Waals surface area contributed by atoms with E-state index in [2.05, 4.69) is 5.32 Å². The molecule has 1 aromatic carbocycles. The molecule has 0 saturated heterocycles. The molecule has 0 aliphatic heterocycles. The van der Waals surface area contributed by atoms with Gasteiger partial charge in [-0.2, -0.15) is 0 Å². The van der Waals surface area contributed by atoms with Gasteiger partial charge in [-0.15, -0.1) is 0 Å². The van der Waals surface area contributed by atoms with Gasteiger partial charge in [-0.05, 0) is 18.1 Å². The zero-order valence-corrected chi connectivity index (χ0v) is 8.29. The van der Waals surface area contributed by atoms with Crippen molar-refractivity contribution in [1.29, 1.82) is 0 Å². The van der Waals surface area contributed by atoms with Gasteiger partial charge in [0.15, 0.2) is 0 Å². The smallest absolute Gasteiger partial charge is 0.404 e. The molecule has 1 amide bonds. The van der Waals surface area contributed by atoms with Crippen LogP contribution in [0.2, 0.25) is 0 Å². The molecule has 82 valence electrons. The minimum absolute atomic E-state index is 0.275. The summed E-state index contributed by atoms with van der Waals surface area (Å²) in [7, 11) is 1.45. The van der Waals surface area contributed by atoms with Crippen LogP contribution in [0.5, 0.6) is 5.75 Å². The summed E-state index contributed by atoms with van der Waals surface area (Å²) in [5.74, 6) is 0.0592. The zero-order chi connectivity index (χ0) is 11.3. The van der Waals surface area contributed by atoms with Gasteiger partial charge in [0, 0.05) is 12.6 Å². The number of benzene rings is 1. The Bertz CT molecular complexity index is 355. The van der Waals surface area contributed by atoms with Gasteiger partial charge in [0.25, 0.3) is 0 Å². The largest absolute Gasteiger partial charge is 0.496 e. The summed E-state index contributed by atoms with van der Waals surface area (Å²) in [6, 6.07) is 4.17. The fourth-order valence-corrected chi connectivity index (χ4v) is 1.23. The molecule has 0 aliphatic carbocycles. The van der Waals surface area contributed by atoms with Crippen molar-refractivity contribution in [2.45, 2.75) is 6.42 Å². The molecule has 0 unspecified atom stereocenters. The molecular weight excluding hydrogens is 201 g/mol. The average molecular weight is 213 g/mol. The topological polar surface area (TPSA) is 58.6 Å². The van der Waals surface area contributed by atoms with E-state index in [0.29, 0.717) is 12.2 Å². The van der Waals surface area contributed by atoms with Gasteiger partial charge in [-0.3, -0.25) is 0 Å². The molecule has 0 atom stereocenters. The van der Waals surface area contributed by atoms with E-state index >= 15 is 0 Å². The van der Waals surface area contributed by atoms with Gasteiger partial charge in [0.05, 0.1) is 7.11 Å². The zero-order valence-electron chi connectivity index (χ0n) is 8.29. The Labute approximate surface area is 86.7 Å². The minimum Gasteiger partial charge on any atom is -0.496 e. The molecule has 0 aromatic heterocycles. The van der Waals surface area contributed by atoms with E-state index in [1.807, 2.05) is 0 Å². The summed E-state index contributed by atoms with van der Waals surface area (Å²) < 4.78 is 17.8. The molecule has 0 radical (unpaired) electrons. The van der Waals surface area contributed by atoms with E-state index < -0.39 is 6.09 Å². The molecule has 1 aromatic rings. The first kappa shape index (κ1) is 11.3. The number of carbonyl (C=O) groups is 1. The third-order valence-electron chi connectivity index (χ3n) is 1.92. The predicted molar refractivity (Wildman–Crippen MR) is 52.7 cm³/mol. The van der Waals surface area contributed by atoms with E-state index in [4.69, 9.17) is 9.84 Å². The van der Waals surface area contributed by atoms with E-state index in [1.165, 1.54) is 19.2 Å². The van der Waals surface area contributed by atoms with E-state index in [0.717, 1.165) is 5.56 Å². The summed E-state index contributed by atoms with van der Waals surface area (Å²) in [6.07, 6.45) is -0.605. The quantitative estimate of drug-likeness (QED) is 0.799. The number of nitrogens with one attached hydrogen (secondary N) is 1. The van der Waals surface area contributed by atoms with Crippen molar-refractivity contribution < 1.29 is 19.0 Å². The Morgan fingerprint density at radius 2 is 2.33 bits per heavy atom. The Morgan fingerprint density at radius 1 is 1.60 bits per heavy atom. The van der Waals surface area contributed by atoms with Crippen LogP contribution in [0.3, 0.4) is 0 Å². The van der Waals surface area contributed by atoms with Crippen molar-refractivity contribution in [3.8, 4) is 5.75 Å². The van der Waals surface area contributed by atoms with Crippen LogP contribution in [0.25, 0.3) is 0 Å². The SMILES string of the molecule is COc1cc(F)ccc1CCNC(=O)O. The van der Waals surface area contributed by atoms with Gasteiger partial charge in [0.1, 0.15) is 11.6 Å². The van der Waals surface area contributed by atoms with Crippen LogP contribution in [0.1, 0.15) is 5.56 Å². The summed E-state index contributed by atoms with van der Waals surface area (Å²) in [5.41, 5.74) is 0.771. The molecule has 0 aliphatic rings. The van der Waals surface area contributed by atoms with Crippen LogP contribution in [0.15, 0.2) is 18.2 Å². The highest BCUT2D eigenvalue weighted by Gasteiger charge is 2.04. The van der Waals surface area contributed by atoms with Gasteiger partial charge in [0.2, 0.25) is 0 Å². The number of halogens is 1. The van der Waals surface area contributed by atoms with E-state index in [-0.39, 0.29) is 12.4 Å². The Kier molecular flexibility index (Phi) is 3.91. The maximum atomic E-state index is 12.8. The van der Waals surface area contributed by atoms with Gasteiger partial charge >= 0.3 is 6.09 Å². The Hall–Kier alpha value is -1.78. The number of hydrogen-bond donors (Lipinski definition) is 2. The van der Waals surface area contributed by atoms with Crippen molar-refractivity contribution in [2.75, 3.05) is 13.7 Å². The van der Waals surface area contributed by atoms with E-state index in [9.17, 15) is 9.18 Å². The third kappa shape index (κ3) is 3.46. The first-order valence-corrected chi connectivity index (χ1v) is 4.42. The fraction of sp³-hybridized carbons (Fsp3) is 0.300. The molecule has 4 nitrogen and oxygen atoms in total. The number of carboxylic acid groups (broad SMARTS) is 1. The lowest BCUT2D eigenvalue weighted by atomic mass is 10.1. The van der Waals surface area contributed by atoms with Crippen LogP contribution < -0.4 is 10.1 Å². The summed E-state index contributed by atoms with van der Waals surface area (Å²) >= 11 is 0. The van der Waals surface area contributed by atoms with Crippen molar-refractivity contribution >= 4 is 6.09 Å². The molecule has 0 bridgehead atoms. The highest BCUT2D eigenvalue weighted by atomic mass is 19.1. The number of ether oxygens (including phenoxy) is 1. The second-order valence-corrected chi connectivity index (χ2v) is 2.94. The molecule has 0 heterocycles. The monoisotopic (exact) mass is 213 g/mol. The highest BCUT2D eigenvalue weighted by Crippen LogP contribution is 2.19. The van der Waals surface area contributed by atoms with Crippen molar-refractivity contribution in [2.24, 2.45) is 0 Å². The van der Waals surface area contributed by atoms with Gasteiger partial charge in [-0.25, -0.2) is 9.18 Å². The van der Waals surface area contributed by atoms with Crippen LogP contribution in [-0.2, 0) is 6.42 Å². The molecular formula is C10H12FNO3. The lowest BCUT2D eigenvalue weighted by Crippen LogP contribution is -2.23. The maximum Gasteiger partial charge on any atom is 0.404 e. The second kappa shape index (κ2) is 5.19. The van der Waals surface area contributed by atoms with Crippen molar-refractivity contribution in [3.63, 3.8) is 0 Å².